The highest BCUT2D eigenvalue weighted by Gasteiger charge is 1.92. The highest BCUT2D eigenvalue weighted by Crippen LogP contribution is 2.04. The Morgan fingerprint density at radius 1 is 0.842 bits per heavy atom. The van der Waals surface area contributed by atoms with E-state index in [1.165, 1.54) is 44.9 Å². The Hall–Kier alpha value is -0.610. The van der Waals surface area contributed by atoms with Crippen molar-refractivity contribution in [2.45, 2.75) is 77.6 Å². The minimum absolute atomic E-state index is 0. The van der Waals surface area contributed by atoms with Crippen molar-refractivity contribution in [3.05, 3.63) is 0 Å². The summed E-state index contributed by atoms with van der Waals surface area (Å²) in [5, 5.41) is 13.6. The summed E-state index contributed by atoms with van der Waals surface area (Å²) in [6.07, 6.45) is 12.3. The van der Waals surface area contributed by atoms with Crippen molar-refractivity contribution < 1.29 is 9.90 Å². The fourth-order valence-corrected chi connectivity index (χ4v) is 2.03. The van der Waals surface area contributed by atoms with Gasteiger partial charge in [0.05, 0.1) is 0 Å². The average molecular weight is 274 g/mol. The summed E-state index contributed by atoms with van der Waals surface area (Å²) in [4.78, 5) is 10.2. The van der Waals surface area contributed by atoms with Gasteiger partial charge in [0.15, 0.2) is 0 Å². The van der Waals surface area contributed by atoms with E-state index in [4.69, 9.17) is 0 Å². The van der Waals surface area contributed by atoms with Gasteiger partial charge in [0.25, 0.3) is 0 Å². The van der Waals surface area contributed by atoms with Crippen molar-refractivity contribution in [2.24, 2.45) is 0 Å². The fraction of sp³-hybridized carbons (Fsp3) is 0.933. The van der Waals surface area contributed by atoms with Crippen LogP contribution >= 0.6 is 0 Å². The lowest BCUT2D eigenvalue weighted by atomic mass is 10.1. The molecule has 0 saturated heterocycles. The Kier molecular flexibility index (Phi) is 18.9. The molecular formula is C15H34N2O2. The zero-order chi connectivity index (χ0) is 13.5. The lowest BCUT2D eigenvalue weighted by Gasteiger charge is -2.05. The summed E-state index contributed by atoms with van der Waals surface area (Å²) >= 11 is 0. The first-order chi connectivity index (χ1) is 8.77. The molecule has 0 amide bonds. The van der Waals surface area contributed by atoms with E-state index in [2.05, 4.69) is 12.2 Å². The van der Waals surface area contributed by atoms with Gasteiger partial charge in [0, 0.05) is 5.97 Å². The predicted octanol–water partition coefficient (Wildman–Crippen LogP) is 3.01. The lowest BCUT2D eigenvalue weighted by Crippen LogP contribution is -2.21. The van der Waals surface area contributed by atoms with Crippen LogP contribution in [0, 0.1) is 0 Å². The number of carbonyl (C=O) groups excluding carboxylic acids is 1. The molecule has 116 valence electrons. The van der Waals surface area contributed by atoms with E-state index in [1.807, 2.05) is 0 Å². The fourth-order valence-electron chi connectivity index (χ4n) is 2.03. The van der Waals surface area contributed by atoms with E-state index < -0.39 is 5.97 Å². The lowest BCUT2D eigenvalue weighted by molar-refractivity contribution is -0.305. The molecule has 0 aliphatic heterocycles. The van der Waals surface area contributed by atoms with E-state index in [-0.39, 0.29) is 12.6 Å². The molecule has 0 atom stereocenters. The number of hydrogen-bond acceptors (Lipinski definition) is 3. The molecule has 0 heterocycles. The van der Waals surface area contributed by atoms with Gasteiger partial charge in [-0.2, -0.15) is 0 Å². The number of nitrogens with one attached hydrogen (secondary N) is 1. The summed E-state index contributed by atoms with van der Waals surface area (Å²) in [5.74, 6) is -0.917. The van der Waals surface area contributed by atoms with Crippen LogP contribution in [0.2, 0.25) is 0 Å². The van der Waals surface area contributed by atoms with Crippen molar-refractivity contribution in [2.75, 3.05) is 13.1 Å². The van der Waals surface area contributed by atoms with Gasteiger partial charge in [0.1, 0.15) is 0 Å². The zero-order valence-corrected chi connectivity index (χ0v) is 13.0. The third-order valence-electron chi connectivity index (χ3n) is 3.19. The standard InChI is InChI=1S/C15H31NO2.H3N/c1-2-3-4-7-10-13-16-14-11-8-5-6-9-12-15(17)18;/h16H,2-14H2,1H3,(H,17,18);1H3. The van der Waals surface area contributed by atoms with Crippen LogP contribution in [0.5, 0.6) is 0 Å². The molecule has 4 nitrogen and oxygen atoms in total. The molecule has 0 aromatic rings. The van der Waals surface area contributed by atoms with Gasteiger partial charge >= 0.3 is 0 Å². The van der Waals surface area contributed by atoms with Gasteiger partial charge in [-0.05, 0) is 38.8 Å². The topological polar surface area (TPSA) is 88.7 Å². The molecule has 0 rings (SSSR count). The van der Waals surface area contributed by atoms with Crippen LogP contribution in [-0.2, 0) is 4.79 Å². The molecule has 0 radical (unpaired) electrons. The molecule has 0 spiro atoms. The minimum Gasteiger partial charge on any atom is -0.550 e. The van der Waals surface area contributed by atoms with Gasteiger partial charge in [-0.25, -0.2) is 0 Å². The van der Waals surface area contributed by atoms with Crippen molar-refractivity contribution in [1.29, 1.82) is 0 Å². The highest BCUT2D eigenvalue weighted by atomic mass is 16.4. The SMILES string of the molecule is CCCCCCCNCCCCCCCC(=O)[O-].[NH4+]. The summed E-state index contributed by atoms with van der Waals surface area (Å²) in [6.45, 7) is 4.49. The normalized spacial score (nSPS) is 10.2. The third kappa shape index (κ3) is 19.9. The summed E-state index contributed by atoms with van der Waals surface area (Å²) in [7, 11) is 0. The first-order valence-corrected chi connectivity index (χ1v) is 7.68. The molecule has 0 saturated carbocycles. The summed E-state index contributed by atoms with van der Waals surface area (Å²) < 4.78 is 0. The molecule has 0 aliphatic rings. The molecule has 0 bridgehead atoms. The van der Waals surface area contributed by atoms with Crippen LogP contribution in [0.3, 0.4) is 0 Å². The maximum Gasteiger partial charge on any atom is 0.0414 e. The van der Waals surface area contributed by atoms with Crippen LogP contribution < -0.4 is 16.6 Å². The van der Waals surface area contributed by atoms with Gasteiger partial charge in [-0.1, -0.05) is 51.9 Å². The number of rotatable bonds is 14. The van der Waals surface area contributed by atoms with Gasteiger partial charge < -0.3 is 21.4 Å². The number of carboxylic acid groups (broad SMARTS) is 1. The number of hydrogen-bond donors (Lipinski definition) is 2. The third-order valence-corrected chi connectivity index (χ3v) is 3.19. The Labute approximate surface area is 118 Å². The van der Waals surface area contributed by atoms with Crippen molar-refractivity contribution in [3.63, 3.8) is 0 Å². The van der Waals surface area contributed by atoms with E-state index >= 15 is 0 Å². The van der Waals surface area contributed by atoms with Gasteiger partial charge in [-0.3, -0.25) is 0 Å². The quantitative estimate of drug-likeness (QED) is 0.477. The van der Waals surface area contributed by atoms with E-state index in [0.29, 0.717) is 0 Å². The molecule has 0 aliphatic carbocycles. The second-order valence-corrected chi connectivity index (χ2v) is 5.05. The Balaban J connectivity index is 0. The molecule has 0 unspecified atom stereocenters. The maximum absolute atomic E-state index is 10.2. The number of quaternary nitrogens is 1. The molecule has 0 fully saturated rings. The van der Waals surface area contributed by atoms with Crippen LogP contribution in [0.4, 0.5) is 0 Å². The highest BCUT2D eigenvalue weighted by molar-refractivity contribution is 5.63. The maximum atomic E-state index is 10.2. The Morgan fingerprint density at radius 3 is 1.84 bits per heavy atom. The van der Waals surface area contributed by atoms with Crippen molar-refractivity contribution >= 4 is 5.97 Å². The molecule has 0 aromatic carbocycles. The van der Waals surface area contributed by atoms with Gasteiger partial charge in [-0.15, -0.1) is 0 Å². The first-order valence-electron chi connectivity index (χ1n) is 7.68. The smallest absolute Gasteiger partial charge is 0.0414 e. The minimum atomic E-state index is -0.917. The second kappa shape index (κ2) is 17.4. The predicted molar refractivity (Wildman–Crippen MR) is 80.3 cm³/mol. The summed E-state index contributed by atoms with van der Waals surface area (Å²) in [6, 6.07) is 0. The van der Waals surface area contributed by atoms with E-state index in [9.17, 15) is 9.90 Å². The van der Waals surface area contributed by atoms with Crippen LogP contribution in [0.15, 0.2) is 0 Å². The molecule has 19 heavy (non-hydrogen) atoms. The van der Waals surface area contributed by atoms with Crippen molar-refractivity contribution in [1.82, 2.24) is 11.5 Å². The van der Waals surface area contributed by atoms with E-state index in [1.54, 1.807) is 0 Å². The second-order valence-electron chi connectivity index (χ2n) is 5.05. The molecule has 5 N–H and O–H groups in total. The van der Waals surface area contributed by atoms with Crippen LogP contribution in [0.1, 0.15) is 77.6 Å². The number of unbranched alkanes of at least 4 members (excludes halogenated alkanes) is 8. The Bertz CT molecular complexity index is 187. The Morgan fingerprint density at radius 2 is 1.32 bits per heavy atom. The monoisotopic (exact) mass is 274 g/mol. The average Bonchev–Trinajstić information content (AvgIpc) is 2.34. The number of aliphatic carboxylic acids is 1. The van der Waals surface area contributed by atoms with Crippen LogP contribution in [0.25, 0.3) is 0 Å². The van der Waals surface area contributed by atoms with Crippen molar-refractivity contribution in [3.8, 4) is 0 Å². The number of carboxylic acids is 1. The summed E-state index contributed by atoms with van der Waals surface area (Å²) in [5.41, 5.74) is 0. The molecule has 0 aromatic heterocycles. The van der Waals surface area contributed by atoms with Crippen LogP contribution in [-0.4, -0.2) is 19.1 Å². The number of carbonyl (C=O) groups is 1. The largest absolute Gasteiger partial charge is 0.550 e. The van der Waals surface area contributed by atoms with E-state index in [0.717, 1.165) is 32.4 Å². The molecule has 4 heteroatoms. The zero-order valence-electron chi connectivity index (χ0n) is 13.0. The molecular weight excluding hydrogens is 240 g/mol. The first kappa shape index (κ1) is 20.7. The van der Waals surface area contributed by atoms with Gasteiger partial charge in [0.2, 0.25) is 0 Å².